The molecule has 6 rings (SSSR count). The zero-order valence-corrected chi connectivity index (χ0v) is 19.0. The molecule has 33 heavy (non-hydrogen) atoms. The van der Waals surface area contributed by atoms with Crippen molar-refractivity contribution in [3.8, 4) is 28.1 Å². The van der Waals surface area contributed by atoms with Gasteiger partial charge in [0.05, 0.1) is 24.1 Å². The van der Waals surface area contributed by atoms with Crippen LogP contribution in [0.2, 0.25) is 0 Å². The molecule has 0 bridgehead atoms. The normalized spacial score (nSPS) is 19.9. The average Bonchev–Trinajstić information content (AvgIpc) is 3.53. The number of aromatic amines is 1. The van der Waals surface area contributed by atoms with Crippen molar-refractivity contribution in [2.24, 2.45) is 11.8 Å². The van der Waals surface area contributed by atoms with Crippen molar-refractivity contribution in [2.75, 3.05) is 25.1 Å². The summed E-state index contributed by atoms with van der Waals surface area (Å²) in [6.07, 6.45) is 3.95. The third-order valence-electron chi connectivity index (χ3n) is 7.42. The predicted molar refractivity (Wildman–Crippen MR) is 131 cm³/mol. The Bertz CT molecular complexity index is 1360. The number of ether oxygens (including phenoxy) is 1. The van der Waals surface area contributed by atoms with E-state index in [1.165, 1.54) is 19.3 Å². The monoisotopic (exact) mass is 440 g/mol. The lowest BCUT2D eigenvalue weighted by molar-refractivity contribution is 0.415. The highest BCUT2D eigenvalue weighted by atomic mass is 16.5. The second-order valence-corrected chi connectivity index (χ2v) is 9.32. The molecule has 3 heterocycles. The van der Waals surface area contributed by atoms with Crippen molar-refractivity contribution in [2.45, 2.75) is 26.2 Å². The number of benzene rings is 2. The highest BCUT2D eigenvalue weighted by Crippen LogP contribution is 2.43. The van der Waals surface area contributed by atoms with Gasteiger partial charge in [-0.15, -0.1) is 0 Å². The van der Waals surface area contributed by atoms with Crippen molar-refractivity contribution in [3.63, 3.8) is 0 Å². The number of methoxy groups -OCH3 is 1. The molecule has 1 aliphatic carbocycles. The molecule has 0 amide bonds. The Balaban J connectivity index is 1.56. The van der Waals surface area contributed by atoms with Crippen molar-refractivity contribution < 1.29 is 4.74 Å². The van der Waals surface area contributed by atoms with E-state index in [4.69, 9.17) is 9.72 Å². The topological polar surface area (TPSA) is 62.6 Å². The fourth-order valence-corrected chi connectivity index (χ4v) is 5.78. The summed E-state index contributed by atoms with van der Waals surface area (Å²) in [6.45, 7) is 4.00. The molecule has 4 aromatic rings. The second-order valence-electron chi connectivity index (χ2n) is 9.32. The number of nitrogens with one attached hydrogen (secondary N) is 1. The minimum absolute atomic E-state index is 0.0783. The molecule has 0 spiro atoms. The van der Waals surface area contributed by atoms with Crippen LogP contribution in [0.3, 0.4) is 0 Å². The van der Waals surface area contributed by atoms with E-state index >= 15 is 0 Å². The average molecular weight is 441 g/mol. The minimum Gasteiger partial charge on any atom is -0.497 e. The molecule has 168 valence electrons. The Kier molecular flexibility index (Phi) is 4.75. The predicted octanol–water partition coefficient (Wildman–Crippen LogP) is 4.91. The van der Waals surface area contributed by atoms with Crippen molar-refractivity contribution in [3.05, 3.63) is 70.6 Å². The number of hydrogen-bond acceptors (Lipinski definition) is 4. The molecule has 2 aliphatic rings. The van der Waals surface area contributed by atoms with Crippen LogP contribution in [-0.4, -0.2) is 34.8 Å². The van der Waals surface area contributed by atoms with Gasteiger partial charge in [-0.05, 0) is 49.3 Å². The fraction of sp³-hybridized carbons (Fsp3) is 0.333. The lowest BCUT2D eigenvalue weighted by Gasteiger charge is -2.20. The first kappa shape index (κ1) is 20.1. The van der Waals surface area contributed by atoms with Crippen LogP contribution in [0, 0.1) is 18.8 Å². The number of aryl methyl sites for hydroxylation is 1. The van der Waals surface area contributed by atoms with Crippen molar-refractivity contribution >= 4 is 11.3 Å². The Labute approximate surface area is 192 Å². The minimum atomic E-state index is -0.0783. The van der Waals surface area contributed by atoms with E-state index in [1.807, 2.05) is 49.4 Å². The van der Waals surface area contributed by atoms with E-state index in [0.29, 0.717) is 11.2 Å². The molecule has 2 atom stereocenters. The standard InChI is InChI=1S/C27H28N4O2/c1-17-23(18-11-13-22(33-2)14-12-18)27(32)31-26(28-17)25(24(29-31)19-7-4-3-5-8-19)30-15-20-9-6-10-21(20)16-30/h3-5,7-8,11-14,20-21,29H,6,9-10,15-16H2,1-2H3. The van der Waals surface area contributed by atoms with Gasteiger partial charge in [0.15, 0.2) is 5.65 Å². The van der Waals surface area contributed by atoms with Crippen LogP contribution >= 0.6 is 0 Å². The second kappa shape index (κ2) is 7.80. The summed E-state index contributed by atoms with van der Waals surface area (Å²) in [7, 11) is 1.64. The molecule has 2 aromatic heterocycles. The zero-order valence-electron chi connectivity index (χ0n) is 19.0. The summed E-state index contributed by atoms with van der Waals surface area (Å²) in [5.74, 6) is 2.25. The molecule has 1 aliphatic heterocycles. The van der Waals surface area contributed by atoms with E-state index < -0.39 is 0 Å². The number of aromatic nitrogens is 3. The number of rotatable bonds is 4. The molecule has 2 fully saturated rings. The van der Waals surface area contributed by atoms with Gasteiger partial charge in [0.1, 0.15) is 11.4 Å². The highest BCUT2D eigenvalue weighted by molar-refractivity contribution is 5.87. The Hall–Kier alpha value is -3.54. The van der Waals surface area contributed by atoms with Crippen LogP contribution in [0.5, 0.6) is 5.75 Å². The van der Waals surface area contributed by atoms with Crippen LogP contribution in [0.1, 0.15) is 25.0 Å². The Morgan fingerprint density at radius 1 is 0.970 bits per heavy atom. The summed E-state index contributed by atoms with van der Waals surface area (Å²) in [4.78, 5) is 21.2. The SMILES string of the molecule is COc1ccc(-c2c(C)nc3c(N4CC5CCCC5C4)c(-c4ccccc4)[nH]n3c2=O)cc1. The number of H-pyrrole nitrogens is 1. The molecule has 1 saturated heterocycles. The first-order chi connectivity index (χ1) is 16.1. The zero-order chi connectivity index (χ0) is 22.5. The molecule has 0 radical (unpaired) electrons. The summed E-state index contributed by atoms with van der Waals surface area (Å²) < 4.78 is 6.92. The third kappa shape index (κ3) is 3.24. The molecule has 1 saturated carbocycles. The first-order valence-corrected chi connectivity index (χ1v) is 11.7. The van der Waals surface area contributed by atoms with Gasteiger partial charge in [-0.1, -0.05) is 48.9 Å². The maximum Gasteiger partial charge on any atom is 0.280 e. The van der Waals surface area contributed by atoms with Crippen LogP contribution < -0.4 is 15.2 Å². The fourth-order valence-electron chi connectivity index (χ4n) is 5.78. The number of nitrogens with zero attached hydrogens (tertiary/aromatic N) is 3. The third-order valence-corrected chi connectivity index (χ3v) is 7.42. The summed E-state index contributed by atoms with van der Waals surface area (Å²) in [5.41, 5.74) is 5.92. The van der Waals surface area contributed by atoms with Gasteiger partial charge < -0.3 is 9.64 Å². The van der Waals surface area contributed by atoms with Gasteiger partial charge in [-0.2, -0.15) is 4.52 Å². The van der Waals surface area contributed by atoms with E-state index in [0.717, 1.165) is 58.9 Å². The molecular formula is C27H28N4O2. The van der Waals surface area contributed by atoms with Crippen LogP contribution in [0.4, 0.5) is 5.69 Å². The number of anilines is 1. The van der Waals surface area contributed by atoms with Crippen molar-refractivity contribution in [1.29, 1.82) is 0 Å². The van der Waals surface area contributed by atoms with E-state index in [2.05, 4.69) is 22.1 Å². The van der Waals surface area contributed by atoms with Crippen molar-refractivity contribution in [1.82, 2.24) is 14.6 Å². The number of hydrogen-bond donors (Lipinski definition) is 1. The van der Waals surface area contributed by atoms with E-state index in [9.17, 15) is 4.79 Å². The van der Waals surface area contributed by atoms with Gasteiger partial charge in [0.2, 0.25) is 0 Å². The lowest BCUT2D eigenvalue weighted by Crippen LogP contribution is -2.23. The van der Waals surface area contributed by atoms with Crippen LogP contribution in [0.15, 0.2) is 59.4 Å². The molecule has 1 N–H and O–H groups in total. The first-order valence-electron chi connectivity index (χ1n) is 11.7. The molecule has 2 unspecified atom stereocenters. The largest absolute Gasteiger partial charge is 0.497 e. The van der Waals surface area contributed by atoms with Gasteiger partial charge in [0.25, 0.3) is 5.56 Å². The van der Waals surface area contributed by atoms with E-state index in [-0.39, 0.29) is 5.56 Å². The summed E-state index contributed by atoms with van der Waals surface area (Å²) in [5, 5.41) is 3.43. The molecule has 2 aromatic carbocycles. The maximum absolute atomic E-state index is 13.8. The lowest BCUT2D eigenvalue weighted by atomic mass is 10.0. The quantitative estimate of drug-likeness (QED) is 0.490. The maximum atomic E-state index is 13.8. The van der Waals surface area contributed by atoms with Gasteiger partial charge in [0, 0.05) is 18.7 Å². The molecule has 6 heteroatoms. The molecule has 6 nitrogen and oxygen atoms in total. The van der Waals surface area contributed by atoms with Gasteiger partial charge in [-0.25, -0.2) is 4.98 Å². The van der Waals surface area contributed by atoms with Gasteiger partial charge >= 0.3 is 0 Å². The Morgan fingerprint density at radius 2 is 1.67 bits per heavy atom. The smallest absolute Gasteiger partial charge is 0.280 e. The highest BCUT2D eigenvalue weighted by Gasteiger charge is 2.38. The summed E-state index contributed by atoms with van der Waals surface area (Å²) in [6, 6.07) is 17.9. The van der Waals surface area contributed by atoms with E-state index in [1.54, 1.807) is 11.6 Å². The van der Waals surface area contributed by atoms with Gasteiger partial charge in [-0.3, -0.25) is 9.89 Å². The molecular weight excluding hydrogens is 412 g/mol. The van der Waals surface area contributed by atoms with Crippen LogP contribution in [-0.2, 0) is 0 Å². The Morgan fingerprint density at radius 3 is 2.33 bits per heavy atom. The number of fused-ring (bicyclic) bond motifs is 2. The summed E-state index contributed by atoms with van der Waals surface area (Å²) >= 11 is 0. The van der Waals surface area contributed by atoms with Crippen LogP contribution in [0.25, 0.3) is 28.0 Å².